The molecule has 5 nitrogen and oxygen atoms in total. The third-order valence-corrected chi connectivity index (χ3v) is 4.01. The van der Waals surface area contributed by atoms with E-state index in [-0.39, 0.29) is 5.97 Å². The van der Waals surface area contributed by atoms with Crippen LogP contribution in [0.5, 0.6) is 0 Å². The fraction of sp³-hybridized carbons (Fsp3) is 0.571. The standard InChI is InChI=1S/C14H18N2O3/c1-18-14(17)13-6-10(2-4-15-13)11-3-5-16(7-11)12-8-19-9-12/h2,4,6,11-12H,3,5,7-9H2,1H3. The van der Waals surface area contributed by atoms with Crippen molar-refractivity contribution in [2.75, 3.05) is 33.4 Å². The monoisotopic (exact) mass is 262 g/mol. The molecule has 0 aromatic carbocycles. The summed E-state index contributed by atoms with van der Waals surface area (Å²) in [5.74, 6) is 0.108. The van der Waals surface area contributed by atoms with Crippen molar-refractivity contribution >= 4 is 5.97 Å². The summed E-state index contributed by atoms with van der Waals surface area (Å²) >= 11 is 0. The highest BCUT2D eigenvalue weighted by molar-refractivity contribution is 5.87. The second-order valence-corrected chi connectivity index (χ2v) is 5.14. The van der Waals surface area contributed by atoms with Crippen LogP contribution in [0.4, 0.5) is 0 Å². The van der Waals surface area contributed by atoms with Crippen LogP contribution < -0.4 is 0 Å². The van der Waals surface area contributed by atoms with Crippen LogP contribution in [-0.4, -0.2) is 55.3 Å². The van der Waals surface area contributed by atoms with Crippen molar-refractivity contribution in [3.05, 3.63) is 29.6 Å². The van der Waals surface area contributed by atoms with Crippen LogP contribution in [0.25, 0.3) is 0 Å². The van der Waals surface area contributed by atoms with Gasteiger partial charge in [0.2, 0.25) is 0 Å². The molecular formula is C14H18N2O3. The van der Waals surface area contributed by atoms with Gasteiger partial charge in [0.1, 0.15) is 5.69 Å². The summed E-state index contributed by atoms with van der Waals surface area (Å²) in [5.41, 5.74) is 1.57. The number of aromatic nitrogens is 1. The number of hydrogen-bond acceptors (Lipinski definition) is 5. The molecule has 19 heavy (non-hydrogen) atoms. The molecule has 0 N–H and O–H groups in total. The van der Waals surface area contributed by atoms with Crippen LogP contribution in [-0.2, 0) is 9.47 Å². The molecule has 1 aromatic rings. The van der Waals surface area contributed by atoms with Gasteiger partial charge in [0, 0.05) is 12.7 Å². The third-order valence-electron chi connectivity index (χ3n) is 4.01. The Hall–Kier alpha value is -1.46. The SMILES string of the molecule is COC(=O)c1cc(C2CCN(C3COC3)C2)ccn1. The fourth-order valence-corrected chi connectivity index (χ4v) is 2.74. The zero-order valence-corrected chi connectivity index (χ0v) is 11.0. The number of carbonyl (C=O) groups is 1. The molecule has 1 unspecified atom stereocenters. The molecule has 3 rings (SSSR count). The lowest BCUT2D eigenvalue weighted by molar-refractivity contribution is -0.0573. The van der Waals surface area contributed by atoms with Crippen LogP contribution in [0.3, 0.4) is 0 Å². The van der Waals surface area contributed by atoms with Crippen LogP contribution in [0.2, 0.25) is 0 Å². The minimum Gasteiger partial charge on any atom is -0.464 e. The van der Waals surface area contributed by atoms with Crippen molar-refractivity contribution in [3.63, 3.8) is 0 Å². The predicted octanol–water partition coefficient (Wildman–Crippen LogP) is 1.06. The van der Waals surface area contributed by atoms with E-state index in [9.17, 15) is 4.79 Å². The van der Waals surface area contributed by atoms with E-state index in [4.69, 9.17) is 9.47 Å². The quantitative estimate of drug-likeness (QED) is 0.762. The molecule has 1 aromatic heterocycles. The molecule has 1 atom stereocenters. The second kappa shape index (κ2) is 5.27. The van der Waals surface area contributed by atoms with E-state index in [1.807, 2.05) is 12.1 Å². The van der Waals surface area contributed by atoms with E-state index >= 15 is 0 Å². The van der Waals surface area contributed by atoms with Gasteiger partial charge in [0.25, 0.3) is 0 Å². The smallest absolute Gasteiger partial charge is 0.356 e. The zero-order chi connectivity index (χ0) is 13.2. The number of hydrogen-bond donors (Lipinski definition) is 0. The number of rotatable bonds is 3. The number of esters is 1. The number of pyridine rings is 1. The molecule has 0 spiro atoms. The van der Waals surface area contributed by atoms with E-state index in [1.54, 1.807) is 6.20 Å². The van der Waals surface area contributed by atoms with Gasteiger partial charge in [0.15, 0.2) is 0 Å². The molecule has 102 valence electrons. The number of carbonyl (C=O) groups excluding carboxylic acids is 1. The number of ether oxygens (including phenoxy) is 2. The lowest BCUT2D eigenvalue weighted by Gasteiger charge is -2.34. The molecule has 0 saturated carbocycles. The number of methoxy groups -OCH3 is 1. The molecule has 2 aliphatic heterocycles. The van der Waals surface area contributed by atoms with Crippen LogP contribution in [0.1, 0.15) is 28.4 Å². The van der Waals surface area contributed by atoms with Crippen molar-refractivity contribution in [2.45, 2.75) is 18.4 Å². The van der Waals surface area contributed by atoms with E-state index in [0.29, 0.717) is 17.7 Å². The maximum Gasteiger partial charge on any atom is 0.356 e. The average Bonchev–Trinajstić information content (AvgIpc) is 2.85. The highest BCUT2D eigenvalue weighted by atomic mass is 16.5. The minimum atomic E-state index is -0.371. The highest BCUT2D eigenvalue weighted by Gasteiger charge is 2.33. The van der Waals surface area contributed by atoms with Crippen molar-refractivity contribution in [2.24, 2.45) is 0 Å². The summed E-state index contributed by atoms with van der Waals surface area (Å²) in [6, 6.07) is 4.45. The first-order valence-corrected chi connectivity index (χ1v) is 6.64. The van der Waals surface area contributed by atoms with E-state index in [1.165, 1.54) is 12.7 Å². The first-order chi connectivity index (χ1) is 9.28. The Morgan fingerprint density at radius 2 is 2.37 bits per heavy atom. The predicted molar refractivity (Wildman–Crippen MR) is 69.1 cm³/mol. The van der Waals surface area contributed by atoms with Gasteiger partial charge >= 0.3 is 5.97 Å². The Morgan fingerprint density at radius 3 is 3.05 bits per heavy atom. The lowest BCUT2D eigenvalue weighted by atomic mass is 9.99. The van der Waals surface area contributed by atoms with Gasteiger partial charge in [-0.15, -0.1) is 0 Å². The van der Waals surface area contributed by atoms with Crippen molar-refractivity contribution < 1.29 is 14.3 Å². The maximum atomic E-state index is 11.5. The van der Waals surface area contributed by atoms with E-state index in [2.05, 4.69) is 9.88 Å². The molecule has 2 fully saturated rings. The maximum absolute atomic E-state index is 11.5. The molecular weight excluding hydrogens is 244 g/mol. The van der Waals surface area contributed by atoms with Gasteiger partial charge in [-0.05, 0) is 36.6 Å². The number of likely N-dealkylation sites (tertiary alicyclic amines) is 1. The molecule has 0 radical (unpaired) electrons. The molecule has 0 amide bonds. The summed E-state index contributed by atoms with van der Waals surface area (Å²) in [6.45, 7) is 3.86. The Labute approximate surface area is 112 Å². The first kappa shape index (κ1) is 12.6. The molecule has 5 heteroatoms. The molecule has 0 bridgehead atoms. The van der Waals surface area contributed by atoms with Crippen molar-refractivity contribution in [3.8, 4) is 0 Å². The van der Waals surface area contributed by atoms with Crippen molar-refractivity contribution in [1.82, 2.24) is 9.88 Å². The molecule has 2 aliphatic rings. The summed E-state index contributed by atoms with van der Waals surface area (Å²) in [7, 11) is 1.38. The van der Waals surface area contributed by atoms with Crippen molar-refractivity contribution in [1.29, 1.82) is 0 Å². The average molecular weight is 262 g/mol. The van der Waals surface area contributed by atoms with E-state index < -0.39 is 0 Å². The van der Waals surface area contributed by atoms with Gasteiger partial charge in [-0.25, -0.2) is 9.78 Å². The van der Waals surface area contributed by atoms with Gasteiger partial charge < -0.3 is 9.47 Å². The second-order valence-electron chi connectivity index (χ2n) is 5.14. The first-order valence-electron chi connectivity index (χ1n) is 6.64. The molecule has 2 saturated heterocycles. The van der Waals surface area contributed by atoms with Crippen LogP contribution in [0, 0.1) is 0 Å². The Balaban J connectivity index is 1.70. The molecule has 3 heterocycles. The molecule has 0 aliphatic carbocycles. The summed E-state index contributed by atoms with van der Waals surface area (Å²) in [5, 5.41) is 0. The normalized spacial score (nSPS) is 24.2. The summed E-state index contributed by atoms with van der Waals surface area (Å²) < 4.78 is 9.95. The van der Waals surface area contributed by atoms with Crippen LogP contribution in [0.15, 0.2) is 18.3 Å². The largest absolute Gasteiger partial charge is 0.464 e. The Bertz CT molecular complexity index is 474. The summed E-state index contributed by atoms with van der Waals surface area (Å²) in [6.07, 6.45) is 2.82. The summed E-state index contributed by atoms with van der Waals surface area (Å²) in [4.78, 5) is 18.0. The lowest BCUT2D eigenvalue weighted by Crippen LogP contribution is -2.47. The van der Waals surface area contributed by atoms with Crippen LogP contribution >= 0.6 is 0 Å². The number of nitrogens with zero attached hydrogens (tertiary/aromatic N) is 2. The third kappa shape index (κ3) is 2.48. The highest BCUT2D eigenvalue weighted by Crippen LogP contribution is 2.30. The Morgan fingerprint density at radius 1 is 1.53 bits per heavy atom. The van der Waals surface area contributed by atoms with Gasteiger partial charge in [-0.2, -0.15) is 0 Å². The topological polar surface area (TPSA) is 51.7 Å². The minimum absolute atomic E-state index is 0.371. The van der Waals surface area contributed by atoms with Gasteiger partial charge in [-0.3, -0.25) is 4.90 Å². The van der Waals surface area contributed by atoms with E-state index in [0.717, 1.165) is 32.7 Å². The fourth-order valence-electron chi connectivity index (χ4n) is 2.74. The Kier molecular flexibility index (Phi) is 3.48. The van der Waals surface area contributed by atoms with Gasteiger partial charge in [0.05, 0.1) is 26.4 Å². The van der Waals surface area contributed by atoms with Gasteiger partial charge in [-0.1, -0.05) is 0 Å². The zero-order valence-electron chi connectivity index (χ0n) is 11.0.